The summed E-state index contributed by atoms with van der Waals surface area (Å²) < 4.78 is 11.2. The zero-order valence-electron chi connectivity index (χ0n) is 15.1. The lowest BCUT2D eigenvalue weighted by molar-refractivity contribution is 0.415. The molecule has 0 spiro atoms. The van der Waals surface area contributed by atoms with Crippen LogP contribution < -0.4 is 4.74 Å². The van der Waals surface area contributed by atoms with Crippen molar-refractivity contribution in [3.8, 4) is 16.9 Å². The van der Waals surface area contributed by atoms with E-state index in [1.807, 2.05) is 19.1 Å². The van der Waals surface area contributed by atoms with Crippen LogP contribution in [0.15, 0.2) is 46.9 Å². The molecular formula is C23H22O2. The van der Waals surface area contributed by atoms with Gasteiger partial charge in [-0.15, -0.1) is 0 Å². The number of aryl methyl sites for hydroxylation is 3. The number of allylic oxidation sites excluding steroid dienone is 1. The van der Waals surface area contributed by atoms with Crippen molar-refractivity contribution in [3.63, 3.8) is 0 Å². The fourth-order valence-corrected chi connectivity index (χ4v) is 3.55. The SMILES string of the molecule is COc1ccc(-c2c(C)ccc3c2C=C(c2cc(C)c(C)o2)C3)cc1. The normalized spacial score (nSPS) is 12.9. The van der Waals surface area contributed by atoms with Crippen LogP contribution in [0.3, 0.4) is 0 Å². The van der Waals surface area contributed by atoms with Crippen molar-refractivity contribution in [3.05, 3.63) is 76.2 Å². The van der Waals surface area contributed by atoms with E-state index in [-0.39, 0.29) is 0 Å². The molecule has 0 bridgehead atoms. The van der Waals surface area contributed by atoms with E-state index < -0.39 is 0 Å². The van der Waals surface area contributed by atoms with Crippen molar-refractivity contribution in [2.45, 2.75) is 27.2 Å². The van der Waals surface area contributed by atoms with Crippen molar-refractivity contribution in [1.82, 2.24) is 0 Å². The number of hydrogen-bond acceptors (Lipinski definition) is 2. The van der Waals surface area contributed by atoms with Gasteiger partial charge in [0.25, 0.3) is 0 Å². The van der Waals surface area contributed by atoms with Crippen LogP contribution in [0.25, 0.3) is 22.8 Å². The highest BCUT2D eigenvalue weighted by Gasteiger charge is 2.21. The molecule has 0 N–H and O–H groups in total. The first-order valence-electron chi connectivity index (χ1n) is 8.61. The number of furan rings is 1. The van der Waals surface area contributed by atoms with E-state index in [2.05, 4.69) is 50.3 Å². The molecule has 25 heavy (non-hydrogen) atoms. The third-order valence-corrected chi connectivity index (χ3v) is 5.10. The molecule has 2 heteroatoms. The molecule has 0 radical (unpaired) electrons. The van der Waals surface area contributed by atoms with E-state index in [4.69, 9.17) is 9.15 Å². The van der Waals surface area contributed by atoms with E-state index in [0.29, 0.717) is 0 Å². The van der Waals surface area contributed by atoms with Gasteiger partial charge in [-0.2, -0.15) is 0 Å². The summed E-state index contributed by atoms with van der Waals surface area (Å²) in [5.74, 6) is 2.87. The number of benzene rings is 2. The molecule has 1 aromatic heterocycles. The topological polar surface area (TPSA) is 22.4 Å². The summed E-state index contributed by atoms with van der Waals surface area (Å²) in [6.07, 6.45) is 3.21. The van der Waals surface area contributed by atoms with Crippen LogP contribution >= 0.6 is 0 Å². The van der Waals surface area contributed by atoms with Gasteiger partial charge in [0.2, 0.25) is 0 Å². The quantitative estimate of drug-likeness (QED) is 0.589. The first kappa shape index (κ1) is 15.8. The largest absolute Gasteiger partial charge is 0.497 e. The molecule has 0 fully saturated rings. The highest BCUT2D eigenvalue weighted by Crippen LogP contribution is 2.40. The van der Waals surface area contributed by atoms with Gasteiger partial charge in [-0.25, -0.2) is 0 Å². The third kappa shape index (κ3) is 2.68. The van der Waals surface area contributed by atoms with Crippen molar-refractivity contribution in [2.75, 3.05) is 7.11 Å². The van der Waals surface area contributed by atoms with Crippen molar-refractivity contribution in [1.29, 1.82) is 0 Å². The molecule has 0 unspecified atom stereocenters. The second kappa shape index (κ2) is 5.96. The Balaban J connectivity index is 1.82. The maximum Gasteiger partial charge on any atom is 0.130 e. The fraction of sp³-hybridized carbons (Fsp3) is 0.217. The standard InChI is InChI=1S/C23H22O2/c1-14-5-6-18-12-19(22-11-15(2)16(3)25-22)13-21(18)23(14)17-7-9-20(24-4)10-8-17/h5-11,13H,12H2,1-4H3. The summed E-state index contributed by atoms with van der Waals surface area (Å²) in [4.78, 5) is 0. The Morgan fingerprint density at radius 2 is 1.68 bits per heavy atom. The Hall–Kier alpha value is -2.74. The third-order valence-electron chi connectivity index (χ3n) is 5.10. The predicted molar refractivity (Wildman–Crippen MR) is 103 cm³/mol. The molecule has 0 atom stereocenters. The van der Waals surface area contributed by atoms with Crippen LogP contribution in [0.2, 0.25) is 0 Å². The Morgan fingerprint density at radius 1 is 0.920 bits per heavy atom. The molecule has 2 nitrogen and oxygen atoms in total. The van der Waals surface area contributed by atoms with E-state index >= 15 is 0 Å². The van der Waals surface area contributed by atoms with E-state index in [1.165, 1.54) is 39.0 Å². The molecule has 2 aromatic carbocycles. The lowest BCUT2D eigenvalue weighted by Gasteiger charge is -2.12. The molecular weight excluding hydrogens is 308 g/mol. The first-order chi connectivity index (χ1) is 12.1. The monoisotopic (exact) mass is 330 g/mol. The zero-order chi connectivity index (χ0) is 17.6. The number of methoxy groups -OCH3 is 1. The number of rotatable bonds is 3. The van der Waals surface area contributed by atoms with Gasteiger partial charge in [-0.05, 0) is 84.0 Å². The van der Waals surface area contributed by atoms with Gasteiger partial charge in [0.1, 0.15) is 17.3 Å². The Morgan fingerprint density at radius 3 is 2.32 bits per heavy atom. The van der Waals surface area contributed by atoms with Crippen LogP contribution in [0, 0.1) is 20.8 Å². The fourth-order valence-electron chi connectivity index (χ4n) is 3.55. The summed E-state index contributed by atoms with van der Waals surface area (Å²) in [6.45, 7) is 6.29. The first-order valence-corrected chi connectivity index (χ1v) is 8.61. The smallest absolute Gasteiger partial charge is 0.130 e. The molecule has 126 valence electrons. The second-order valence-corrected chi connectivity index (χ2v) is 6.75. The molecule has 0 aliphatic heterocycles. The molecule has 1 aliphatic carbocycles. The van der Waals surface area contributed by atoms with E-state index in [1.54, 1.807) is 7.11 Å². The van der Waals surface area contributed by atoms with Crippen molar-refractivity contribution < 1.29 is 9.15 Å². The van der Waals surface area contributed by atoms with Gasteiger partial charge in [0.15, 0.2) is 0 Å². The highest BCUT2D eigenvalue weighted by atomic mass is 16.5. The van der Waals surface area contributed by atoms with Crippen LogP contribution in [0.1, 0.15) is 33.8 Å². The Labute approximate surface area is 148 Å². The van der Waals surface area contributed by atoms with E-state index in [9.17, 15) is 0 Å². The van der Waals surface area contributed by atoms with Crippen LogP contribution in [-0.2, 0) is 6.42 Å². The minimum Gasteiger partial charge on any atom is -0.497 e. The van der Waals surface area contributed by atoms with Gasteiger partial charge >= 0.3 is 0 Å². The zero-order valence-corrected chi connectivity index (χ0v) is 15.1. The summed E-state index contributed by atoms with van der Waals surface area (Å²) in [7, 11) is 1.70. The van der Waals surface area contributed by atoms with Gasteiger partial charge < -0.3 is 9.15 Å². The van der Waals surface area contributed by atoms with Crippen LogP contribution in [-0.4, -0.2) is 7.11 Å². The van der Waals surface area contributed by atoms with Gasteiger partial charge in [0, 0.05) is 6.42 Å². The molecule has 0 saturated carbocycles. The minimum absolute atomic E-state index is 0.881. The number of hydrogen-bond donors (Lipinski definition) is 0. The minimum atomic E-state index is 0.881. The summed E-state index contributed by atoms with van der Waals surface area (Å²) >= 11 is 0. The maximum absolute atomic E-state index is 5.95. The molecule has 4 rings (SSSR count). The van der Waals surface area contributed by atoms with E-state index in [0.717, 1.165) is 23.7 Å². The average Bonchev–Trinajstić information content (AvgIpc) is 3.19. The van der Waals surface area contributed by atoms with Crippen molar-refractivity contribution >= 4 is 11.6 Å². The summed E-state index contributed by atoms with van der Waals surface area (Å²) in [5, 5.41) is 0. The lowest BCUT2D eigenvalue weighted by Crippen LogP contribution is -1.92. The predicted octanol–water partition coefficient (Wildman–Crippen LogP) is 5.98. The Kier molecular flexibility index (Phi) is 3.76. The molecule has 1 heterocycles. The average molecular weight is 330 g/mol. The van der Waals surface area contributed by atoms with Gasteiger partial charge in [0.05, 0.1) is 7.11 Å². The van der Waals surface area contributed by atoms with Crippen LogP contribution in [0.5, 0.6) is 5.75 Å². The number of fused-ring (bicyclic) bond motifs is 1. The molecule has 3 aromatic rings. The lowest BCUT2D eigenvalue weighted by atomic mass is 9.93. The van der Waals surface area contributed by atoms with Gasteiger partial charge in [-0.1, -0.05) is 24.3 Å². The summed E-state index contributed by atoms with van der Waals surface area (Å²) in [5.41, 5.74) is 8.94. The maximum atomic E-state index is 5.95. The molecule has 0 saturated heterocycles. The second-order valence-electron chi connectivity index (χ2n) is 6.75. The summed E-state index contributed by atoms with van der Waals surface area (Å²) in [6, 6.07) is 14.9. The Bertz CT molecular complexity index is 953. The van der Waals surface area contributed by atoms with Gasteiger partial charge in [-0.3, -0.25) is 0 Å². The molecule has 1 aliphatic rings. The van der Waals surface area contributed by atoms with Crippen molar-refractivity contribution in [2.24, 2.45) is 0 Å². The molecule has 0 amide bonds. The number of ether oxygens (including phenoxy) is 1. The van der Waals surface area contributed by atoms with Crippen LogP contribution in [0.4, 0.5) is 0 Å². The highest BCUT2D eigenvalue weighted by molar-refractivity contribution is 5.94.